The number of nitrogens with zero attached hydrogens (tertiary/aromatic N) is 1. The Balaban J connectivity index is 1.98. The fourth-order valence-corrected chi connectivity index (χ4v) is 2.55. The SMILES string of the molecule is CC(=O)c1ncc(-c2ccc3c(c2)CCCC3)[nH]1. The third-order valence-electron chi connectivity index (χ3n) is 3.57. The molecule has 0 saturated carbocycles. The largest absolute Gasteiger partial charge is 0.336 e. The third kappa shape index (κ3) is 1.96. The van der Waals surface area contributed by atoms with Crippen LogP contribution in [0.25, 0.3) is 11.3 Å². The van der Waals surface area contributed by atoms with Crippen molar-refractivity contribution >= 4 is 5.78 Å². The first-order valence-corrected chi connectivity index (χ1v) is 6.42. The molecule has 92 valence electrons. The average Bonchev–Trinajstić information content (AvgIpc) is 2.88. The number of carbonyl (C=O) groups excluding carboxylic acids is 1. The Kier molecular flexibility index (Phi) is 2.74. The monoisotopic (exact) mass is 240 g/mol. The molecule has 3 heteroatoms. The molecule has 0 fully saturated rings. The van der Waals surface area contributed by atoms with Gasteiger partial charge in [0.25, 0.3) is 0 Å². The summed E-state index contributed by atoms with van der Waals surface area (Å²) in [7, 11) is 0. The number of benzene rings is 1. The number of aromatic nitrogens is 2. The molecule has 3 nitrogen and oxygen atoms in total. The smallest absolute Gasteiger partial charge is 0.194 e. The Labute approximate surface area is 106 Å². The maximum Gasteiger partial charge on any atom is 0.194 e. The van der Waals surface area contributed by atoms with Crippen molar-refractivity contribution in [3.63, 3.8) is 0 Å². The van der Waals surface area contributed by atoms with Crippen LogP contribution in [0.3, 0.4) is 0 Å². The Morgan fingerprint density at radius 3 is 2.72 bits per heavy atom. The number of rotatable bonds is 2. The molecule has 0 aliphatic heterocycles. The average molecular weight is 240 g/mol. The molecule has 1 heterocycles. The van der Waals surface area contributed by atoms with E-state index in [1.54, 1.807) is 6.20 Å². The highest BCUT2D eigenvalue weighted by atomic mass is 16.1. The van der Waals surface area contributed by atoms with E-state index in [1.165, 1.54) is 37.3 Å². The van der Waals surface area contributed by atoms with Gasteiger partial charge in [0, 0.05) is 6.92 Å². The van der Waals surface area contributed by atoms with Crippen LogP contribution in [0.2, 0.25) is 0 Å². The first-order valence-electron chi connectivity index (χ1n) is 6.42. The molecular weight excluding hydrogens is 224 g/mol. The lowest BCUT2D eigenvalue weighted by Crippen LogP contribution is -2.02. The number of H-pyrrole nitrogens is 1. The van der Waals surface area contributed by atoms with Gasteiger partial charge in [0.1, 0.15) is 0 Å². The second-order valence-electron chi connectivity index (χ2n) is 4.89. The predicted molar refractivity (Wildman–Crippen MR) is 70.7 cm³/mol. The Morgan fingerprint density at radius 2 is 2.00 bits per heavy atom. The highest BCUT2D eigenvalue weighted by Crippen LogP contribution is 2.26. The summed E-state index contributed by atoms with van der Waals surface area (Å²) >= 11 is 0. The molecule has 1 aliphatic rings. The Hall–Kier alpha value is -1.90. The summed E-state index contributed by atoms with van der Waals surface area (Å²) in [4.78, 5) is 18.4. The molecule has 1 N–H and O–H groups in total. The molecule has 1 aromatic carbocycles. The standard InChI is InChI=1S/C15H16N2O/c1-10(18)15-16-9-14(17-15)13-7-6-11-4-2-3-5-12(11)8-13/h6-9H,2-5H2,1H3,(H,16,17). The number of imidazole rings is 1. The van der Waals surface area contributed by atoms with Gasteiger partial charge in [0.15, 0.2) is 11.6 Å². The minimum atomic E-state index is -0.0285. The van der Waals surface area contributed by atoms with E-state index in [-0.39, 0.29) is 5.78 Å². The first-order chi connectivity index (χ1) is 8.74. The molecule has 2 aromatic rings. The summed E-state index contributed by atoms with van der Waals surface area (Å²) in [6, 6.07) is 6.55. The van der Waals surface area contributed by atoms with E-state index < -0.39 is 0 Å². The van der Waals surface area contributed by atoms with Crippen molar-refractivity contribution in [3.8, 4) is 11.3 Å². The number of Topliss-reactive ketones (excluding diaryl/α,β-unsaturated/α-hetero) is 1. The quantitative estimate of drug-likeness (QED) is 0.819. The van der Waals surface area contributed by atoms with Gasteiger partial charge in [0.2, 0.25) is 0 Å². The van der Waals surface area contributed by atoms with Gasteiger partial charge in [-0.15, -0.1) is 0 Å². The van der Waals surface area contributed by atoms with Crippen LogP contribution in [0, 0.1) is 0 Å². The fraction of sp³-hybridized carbons (Fsp3) is 0.333. The van der Waals surface area contributed by atoms with Crippen molar-refractivity contribution < 1.29 is 4.79 Å². The van der Waals surface area contributed by atoms with Crippen LogP contribution >= 0.6 is 0 Å². The second kappa shape index (κ2) is 4.41. The summed E-state index contributed by atoms with van der Waals surface area (Å²) in [5, 5.41) is 0. The molecule has 0 bridgehead atoms. The molecule has 1 aliphatic carbocycles. The van der Waals surface area contributed by atoms with Gasteiger partial charge in [0.05, 0.1) is 11.9 Å². The number of carbonyl (C=O) groups is 1. The zero-order valence-corrected chi connectivity index (χ0v) is 10.5. The number of aryl methyl sites for hydroxylation is 2. The van der Waals surface area contributed by atoms with E-state index in [1.807, 2.05) is 0 Å². The van der Waals surface area contributed by atoms with Crippen molar-refractivity contribution in [3.05, 3.63) is 41.3 Å². The number of fused-ring (bicyclic) bond motifs is 1. The minimum Gasteiger partial charge on any atom is -0.336 e. The third-order valence-corrected chi connectivity index (χ3v) is 3.57. The summed E-state index contributed by atoms with van der Waals surface area (Å²) in [5.74, 6) is 0.405. The Morgan fingerprint density at radius 1 is 1.22 bits per heavy atom. The van der Waals surface area contributed by atoms with Crippen LogP contribution in [0.4, 0.5) is 0 Å². The Bertz CT molecular complexity index is 598. The van der Waals surface area contributed by atoms with Crippen LogP contribution in [0.1, 0.15) is 41.5 Å². The molecule has 0 unspecified atom stereocenters. The van der Waals surface area contributed by atoms with Gasteiger partial charge >= 0.3 is 0 Å². The van der Waals surface area contributed by atoms with Crippen LogP contribution in [-0.2, 0) is 12.8 Å². The number of ketones is 1. The maximum atomic E-state index is 11.2. The van der Waals surface area contributed by atoms with Crippen molar-refractivity contribution in [2.24, 2.45) is 0 Å². The van der Waals surface area contributed by atoms with E-state index in [0.29, 0.717) is 5.82 Å². The zero-order chi connectivity index (χ0) is 12.5. The fourth-order valence-electron chi connectivity index (χ4n) is 2.55. The van der Waals surface area contributed by atoms with Gasteiger partial charge in [-0.05, 0) is 48.4 Å². The van der Waals surface area contributed by atoms with Crippen LogP contribution in [0.15, 0.2) is 24.4 Å². The molecule has 18 heavy (non-hydrogen) atoms. The van der Waals surface area contributed by atoms with Gasteiger partial charge in [-0.3, -0.25) is 4.79 Å². The highest BCUT2D eigenvalue weighted by Gasteiger charge is 2.12. The highest BCUT2D eigenvalue weighted by molar-refractivity contribution is 5.91. The van der Waals surface area contributed by atoms with E-state index in [0.717, 1.165) is 17.7 Å². The van der Waals surface area contributed by atoms with Crippen molar-refractivity contribution in [2.75, 3.05) is 0 Å². The predicted octanol–water partition coefficient (Wildman–Crippen LogP) is 3.16. The van der Waals surface area contributed by atoms with Crippen LogP contribution < -0.4 is 0 Å². The van der Waals surface area contributed by atoms with Crippen molar-refractivity contribution in [1.29, 1.82) is 0 Å². The lowest BCUT2D eigenvalue weighted by atomic mass is 9.90. The normalized spacial score (nSPS) is 14.3. The lowest BCUT2D eigenvalue weighted by molar-refractivity contribution is 0.100. The molecule has 0 spiro atoms. The molecule has 0 radical (unpaired) electrons. The van der Waals surface area contributed by atoms with E-state index in [4.69, 9.17) is 0 Å². The summed E-state index contributed by atoms with van der Waals surface area (Å²) in [5.41, 5.74) is 4.96. The number of hydrogen-bond donors (Lipinski definition) is 1. The number of nitrogens with one attached hydrogen (secondary N) is 1. The van der Waals surface area contributed by atoms with Crippen LogP contribution in [-0.4, -0.2) is 15.8 Å². The lowest BCUT2D eigenvalue weighted by Gasteiger charge is -2.16. The molecule has 0 amide bonds. The van der Waals surface area contributed by atoms with Gasteiger partial charge in [-0.2, -0.15) is 0 Å². The molecule has 1 aromatic heterocycles. The summed E-state index contributed by atoms with van der Waals surface area (Å²) in [6.45, 7) is 1.52. The van der Waals surface area contributed by atoms with E-state index in [2.05, 4.69) is 28.2 Å². The topological polar surface area (TPSA) is 45.8 Å². The molecular formula is C15H16N2O. The zero-order valence-electron chi connectivity index (χ0n) is 10.5. The number of aromatic amines is 1. The van der Waals surface area contributed by atoms with E-state index in [9.17, 15) is 4.79 Å². The van der Waals surface area contributed by atoms with Gasteiger partial charge < -0.3 is 4.98 Å². The van der Waals surface area contributed by atoms with Crippen molar-refractivity contribution in [2.45, 2.75) is 32.6 Å². The summed E-state index contributed by atoms with van der Waals surface area (Å²) in [6.07, 6.45) is 6.67. The molecule has 0 atom stereocenters. The molecule has 0 saturated heterocycles. The minimum absolute atomic E-state index is 0.0285. The number of hydrogen-bond acceptors (Lipinski definition) is 2. The van der Waals surface area contributed by atoms with Gasteiger partial charge in [-0.1, -0.05) is 12.1 Å². The van der Waals surface area contributed by atoms with E-state index >= 15 is 0 Å². The molecule has 3 rings (SSSR count). The first kappa shape index (κ1) is 11.2. The van der Waals surface area contributed by atoms with Gasteiger partial charge in [-0.25, -0.2) is 4.98 Å². The van der Waals surface area contributed by atoms with Crippen LogP contribution in [0.5, 0.6) is 0 Å². The summed E-state index contributed by atoms with van der Waals surface area (Å²) < 4.78 is 0. The maximum absolute atomic E-state index is 11.2. The second-order valence-corrected chi connectivity index (χ2v) is 4.89. The van der Waals surface area contributed by atoms with Crippen molar-refractivity contribution in [1.82, 2.24) is 9.97 Å².